The van der Waals surface area contributed by atoms with Crippen molar-refractivity contribution in [1.82, 2.24) is 0 Å². The van der Waals surface area contributed by atoms with E-state index in [1.807, 2.05) is 6.07 Å². The highest BCUT2D eigenvalue weighted by atomic mass is 79.9. The number of carbonyl (C=O) groups excluding carboxylic acids is 1. The van der Waals surface area contributed by atoms with Crippen molar-refractivity contribution in [3.8, 4) is 5.75 Å². The molecule has 1 unspecified atom stereocenters. The van der Waals surface area contributed by atoms with Gasteiger partial charge in [-0.1, -0.05) is 0 Å². The molecule has 2 rings (SSSR count). The second-order valence-electron chi connectivity index (χ2n) is 3.80. The number of hydrogen-bond donors (Lipinski definition) is 1. The van der Waals surface area contributed by atoms with Gasteiger partial charge in [0.15, 0.2) is 0 Å². The van der Waals surface area contributed by atoms with Crippen LogP contribution in [0.4, 0.5) is 5.69 Å². The topological polar surface area (TPSA) is 49.8 Å². The number of hydrogen-bond acceptors (Lipinski definition) is 3. The van der Waals surface area contributed by atoms with E-state index >= 15 is 0 Å². The third-order valence-corrected chi connectivity index (χ3v) is 3.87. The molecule has 0 saturated carbocycles. The van der Waals surface area contributed by atoms with Crippen LogP contribution >= 0.6 is 31.9 Å². The van der Waals surface area contributed by atoms with Crippen molar-refractivity contribution in [2.24, 2.45) is 0 Å². The number of β-amino-alcohol motifs (C(OH)–C–C–N with tert-alkyl or cyclic N) is 1. The Hall–Kier alpha value is -0.590. The zero-order valence-electron chi connectivity index (χ0n) is 9.11. The molecule has 1 saturated heterocycles. The number of anilines is 1. The van der Waals surface area contributed by atoms with Gasteiger partial charge in [-0.25, -0.2) is 0 Å². The maximum atomic E-state index is 11.7. The molecule has 1 aliphatic rings. The number of amides is 1. The van der Waals surface area contributed by atoms with Gasteiger partial charge in [0.25, 0.3) is 0 Å². The average molecular weight is 365 g/mol. The normalized spacial score (nSPS) is 19.9. The van der Waals surface area contributed by atoms with Gasteiger partial charge in [-0.3, -0.25) is 4.79 Å². The van der Waals surface area contributed by atoms with Crippen molar-refractivity contribution in [3.05, 3.63) is 21.1 Å². The highest BCUT2D eigenvalue weighted by Crippen LogP contribution is 2.38. The van der Waals surface area contributed by atoms with Gasteiger partial charge in [-0.15, -0.1) is 0 Å². The van der Waals surface area contributed by atoms with Gasteiger partial charge in [0.05, 0.1) is 36.3 Å². The molecule has 1 heterocycles. The van der Waals surface area contributed by atoms with Crippen molar-refractivity contribution in [1.29, 1.82) is 0 Å². The van der Waals surface area contributed by atoms with E-state index in [4.69, 9.17) is 4.74 Å². The van der Waals surface area contributed by atoms with Crippen LogP contribution in [0.25, 0.3) is 0 Å². The van der Waals surface area contributed by atoms with Crippen LogP contribution in [0.1, 0.15) is 6.42 Å². The lowest BCUT2D eigenvalue weighted by atomic mass is 10.3. The lowest BCUT2D eigenvalue weighted by molar-refractivity contribution is -0.117. The summed E-state index contributed by atoms with van der Waals surface area (Å²) in [6, 6.07) is 3.59. The summed E-state index contributed by atoms with van der Waals surface area (Å²) in [4.78, 5) is 13.3. The predicted molar refractivity (Wildman–Crippen MR) is 71.4 cm³/mol. The highest BCUT2D eigenvalue weighted by Gasteiger charge is 2.30. The van der Waals surface area contributed by atoms with Gasteiger partial charge in [0.2, 0.25) is 5.91 Å². The highest BCUT2D eigenvalue weighted by molar-refractivity contribution is 9.11. The number of methoxy groups -OCH3 is 1. The molecule has 0 bridgehead atoms. The Morgan fingerprint density at radius 3 is 2.65 bits per heavy atom. The number of carbonyl (C=O) groups is 1. The minimum Gasteiger partial charge on any atom is -0.495 e. The summed E-state index contributed by atoms with van der Waals surface area (Å²) in [5, 5.41) is 9.48. The van der Waals surface area contributed by atoms with Crippen LogP contribution in [0, 0.1) is 0 Å². The minimum atomic E-state index is -0.593. The maximum absolute atomic E-state index is 11.7. The molecule has 0 aliphatic carbocycles. The molecule has 1 N–H and O–H groups in total. The lowest BCUT2D eigenvalue weighted by Crippen LogP contribution is -2.25. The molecule has 1 amide bonds. The molecule has 1 fully saturated rings. The van der Waals surface area contributed by atoms with E-state index in [0.717, 1.165) is 8.95 Å². The van der Waals surface area contributed by atoms with E-state index in [1.54, 1.807) is 18.1 Å². The van der Waals surface area contributed by atoms with Crippen molar-refractivity contribution in [2.45, 2.75) is 12.5 Å². The third kappa shape index (κ3) is 2.48. The first kappa shape index (κ1) is 12.9. The fourth-order valence-corrected chi connectivity index (χ4v) is 3.17. The Morgan fingerprint density at radius 2 is 2.12 bits per heavy atom. The van der Waals surface area contributed by atoms with E-state index in [0.29, 0.717) is 18.0 Å². The van der Waals surface area contributed by atoms with Crippen molar-refractivity contribution >= 4 is 43.5 Å². The lowest BCUT2D eigenvalue weighted by Gasteiger charge is -2.19. The summed E-state index contributed by atoms with van der Waals surface area (Å²) in [5.74, 6) is 0.569. The Balaban J connectivity index is 2.41. The molecule has 1 atom stereocenters. The van der Waals surface area contributed by atoms with Gasteiger partial charge in [-0.05, 0) is 37.9 Å². The summed E-state index contributed by atoms with van der Waals surface area (Å²) in [7, 11) is 1.57. The van der Waals surface area contributed by atoms with E-state index < -0.39 is 6.10 Å². The molecule has 92 valence electrons. The van der Waals surface area contributed by atoms with E-state index in [2.05, 4.69) is 31.9 Å². The van der Waals surface area contributed by atoms with Crippen molar-refractivity contribution in [3.63, 3.8) is 0 Å². The van der Waals surface area contributed by atoms with Gasteiger partial charge in [0.1, 0.15) is 5.75 Å². The van der Waals surface area contributed by atoms with Crippen LogP contribution in [0.2, 0.25) is 0 Å². The van der Waals surface area contributed by atoms with Crippen LogP contribution in [0.3, 0.4) is 0 Å². The largest absolute Gasteiger partial charge is 0.495 e. The average Bonchev–Trinajstić information content (AvgIpc) is 2.58. The molecule has 0 radical (unpaired) electrons. The van der Waals surface area contributed by atoms with Gasteiger partial charge >= 0.3 is 0 Å². The monoisotopic (exact) mass is 363 g/mol. The van der Waals surface area contributed by atoms with Crippen molar-refractivity contribution < 1.29 is 14.6 Å². The molecule has 0 spiro atoms. The summed E-state index contributed by atoms with van der Waals surface area (Å²) in [5.41, 5.74) is 0.714. The zero-order valence-corrected chi connectivity index (χ0v) is 12.3. The molecule has 1 aliphatic heterocycles. The SMILES string of the molecule is COc1cc(N2CC(O)CC2=O)c(Br)cc1Br. The number of benzene rings is 1. The summed E-state index contributed by atoms with van der Waals surface area (Å²) < 4.78 is 6.79. The number of aliphatic hydroxyl groups is 1. The van der Waals surface area contributed by atoms with Crippen molar-refractivity contribution in [2.75, 3.05) is 18.6 Å². The second-order valence-corrected chi connectivity index (χ2v) is 5.51. The molecule has 1 aromatic rings. The first-order valence-corrected chi connectivity index (χ1v) is 6.63. The Bertz CT molecular complexity index is 464. The van der Waals surface area contributed by atoms with E-state index in [9.17, 15) is 9.90 Å². The second kappa shape index (κ2) is 4.96. The van der Waals surface area contributed by atoms with Crippen LogP contribution in [0.5, 0.6) is 5.75 Å². The summed E-state index contributed by atoms with van der Waals surface area (Å²) >= 11 is 6.78. The minimum absolute atomic E-state index is 0.0809. The van der Waals surface area contributed by atoms with Crippen LogP contribution in [-0.4, -0.2) is 30.8 Å². The molecule has 17 heavy (non-hydrogen) atoms. The zero-order chi connectivity index (χ0) is 12.6. The Kier molecular flexibility index (Phi) is 3.75. The Morgan fingerprint density at radius 1 is 1.41 bits per heavy atom. The molecule has 6 heteroatoms. The summed E-state index contributed by atoms with van der Waals surface area (Å²) in [6.07, 6.45) is -0.422. The quantitative estimate of drug-likeness (QED) is 0.876. The predicted octanol–water partition coefficient (Wildman–Crippen LogP) is 2.32. The van der Waals surface area contributed by atoms with Crippen LogP contribution in [-0.2, 0) is 4.79 Å². The molecular weight excluding hydrogens is 354 g/mol. The van der Waals surface area contributed by atoms with Crippen LogP contribution < -0.4 is 9.64 Å². The fourth-order valence-electron chi connectivity index (χ4n) is 1.80. The van der Waals surface area contributed by atoms with Crippen LogP contribution in [0.15, 0.2) is 21.1 Å². The fraction of sp³-hybridized carbons (Fsp3) is 0.364. The first-order chi connectivity index (χ1) is 8.02. The number of aliphatic hydroxyl groups excluding tert-OH is 1. The molecular formula is C11H11Br2NO3. The molecule has 1 aromatic carbocycles. The number of nitrogens with zero attached hydrogens (tertiary/aromatic N) is 1. The molecule has 4 nitrogen and oxygen atoms in total. The van der Waals surface area contributed by atoms with Gasteiger partial charge < -0.3 is 14.7 Å². The maximum Gasteiger partial charge on any atom is 0.229 e. The van der Waals surface area contributed by atoms with E-state index in [1.165, 1.54) is 0 Å². The molecule has 0 aromatic heterocycles. The standard InChI is InChI=1S/C11H11Br2NO3/c1-17-10-4-9(7(12)3-8(10)13)14-5-6(15)2-11(14)16/h3-4,6,15H,2,5H2,1H3. The number of halogens is 2. The van der Waals surface area contributed by atoms with Gasteiger partial charge in [-0.2, -0.15) is 0 Å². The smallest absolute Gasteiger partial charge is 0.229 e. The van der Waals surface area contributed by atoms with E-state index in [-0.39, 0.29) is 12.3 Å². The van der Waals surface area contributed by atoms with Gasteiger partial charge in [0, 0.05) is 10.5 Å². The number of rotatable bonds is 2. The first-order valence-electron chi connectivity index (χ1n) is 5.04. The Labute approximate surface area is 116 Å². The number of ether oxygens (including phenoxy) is 1. The third-order valence-electron chi connectivity index (χ3n) is 2.62. The summed E-state index contributed by atoms with van der Waals surface area (Å²) in [6.45, 7) is 0.322.